The van der Waals surface area contributed by atoms with Crippen LogP contribution in [0.4, 0.5) is 0 Å². The maximum Gasteiger partial charge on any atom is 0.191 e. The minimum absolute atomic E-state index is 0.586. The van der Waals surface area contributed by atoms with Gasteiger partial charge >= 0.3 is 0 Å². The predicted molar refractivity (Wildman–Crippen MR) is 87.4 cm³/mol. The summed E-state index contributed by atoms with van der Waals surface area (Å²) in [7, 11) is 1.72. The summed E-state index contributed by atoms with van der Waals surface area (Å²) in [5, 5.41) is 6.87. The molecule has 1 aromatic carbocycles. The van der Waals surface area contributed by atoms with E-state index in [1.54, 1.807) is 7.11 Å². The molecule has 4 heteroatoms. The molecule has 0 unspecified atom stereocenters. The Balaban J connectivity index is 1.95. The summed E-state index contributed by atoms with van der Waals surface area (Å²) >= 11 is 0. The van der Waals surface area contributed by atoms with Crippen molar-refractivity contribution in [2.24, 2.45) is 4.99 Å². The van der Waals surface area contributed by atoms with Gasteiger partial charge < -0.3 is 15.4 Å². The van der Waals surface area contributed by atoms with Crippen molar-refractivity contribution in [3.8, 4) is 0 Å². The van der Waals surface area contributed by atoms with E-state index in [4.69, 9.17) is 9.73 Å². The normalized spacial score (nSPS) is 16.2. The van der Waals surface area contributed by atoms with E-state index in [9.17, 15) is 0 Å². The van der Waals surface area contributed by atoms with Gasteiger partial charge in [-0.25, -0.2) is 4.99 Å². The van der Waals surface area contributed by atoms with Gasteiger partial charge in [0.05, 0.1) is 13.2 Å². The quantitative estimate of drug-likeness (QED) is 0.625. The molecule has 1 aliphatic carbocycles. The maximum atomic E-state index is 5.18. The standard InChI is InChI=1S/C17H27N3O/c1-3-18-17(20-16-9-4-5-10-16)19-12-14-7-6-8-15(11-14)13-21-2/h6-8,11,16H,3-5,9-10,12-13H2,1-2H3,(H2,18,19,20). The fourth-order valence-electron chi connectivity index (χ4n) is 2.74. The minimum Gasteiger partial charge on any atom is -0.380 e. The lowest BCUT2D eigenvalue weighted by Crippen LogP contribution is -2.42. The molecular weight excluding hydrogens is 262 g/mol. The van der Waals surface area contributed by atoms with E-state index in [1.807, 2.05) is 0 Å². The topological polar surface area (TPSA) is 45.7 Å². The van der Waals surface area contributed by atoms with Crippen LogP contribution >= 0.6 is 0 Å². The molecule has 1 saturated carbocycles. The Morgan fingerprint density at radius 1 is 1.29 bits per heavy atom. The third-order valence-electron chi connectivity index (χ3n) is 3.76. The molecule has 0 aromatic heterocycles. The zero-order chi connectivity index (χ0) is 14.9. The third kappa shape index (κ3) is 5.38. The van der Waals surface area contributed by atoms with Gasteiger partial charge in [-0.3, -0.25) is 0 Å². The monoisotopic (exact) mass is 289 g/mol. The first-order chi connectivity index (χ1) is 10.3. The van der Waals surface area contributed by atoms with E-state index in [0.29, 0.717) is 19.2 Å². The largest absolute Gasteiger partial charge is 0.380 e. The number of aliphatic imine (C=N–C) groups is 1. The number of hydrogen-bond acceptors (Lipinski definition) is 2. The highest BCUT2D eigenvalue weighted by atomic mass is 16.5. The third-order valence-corrected chi connectivity index (χ3v) is 3.76. The number of benzene rings is 1. The van der Waals surface area contributed by atoms with E-state index in [2.05, 4.69) is 41.8 Å². The van der Waals surface area contributed by atoms with Crippen molar-refractivity contribution in [2.45, 2.75) is 51.8 Å². The number of nitrogens with zero attached hydrogens (tertiary/aromatic N) is 1. The molecule has 2 rings (SSSR count). The van der Waals surface area contributed by atoms with Crippen LogP contribution in [0.15, 0.2) is 29.3 Å². The Hall–Kier alpha value is -1.55. The average molecular weight is 289 g/mol. The highest BCUT2D eigenvalue weighted by Crippen LogP contribution is 2.17. The van der Waals surface area contributed by atoms with Crippen LogP contribution in [-0.4, -0.2) is 25.7 Å². The zero-order valence-electron chi connectivity index (χ0n) is 13.2. The second-order valence-corrected chi connectivity index (χ2v) is 5.57. The van der Waals surface area contributed by atoms with E-state index in [0.717, 1.165) is 12.5 Å². The Morgan fingerprint density at radius 3 is 2.76 bits per heavy atom. The molecule has 2 N–H and O–H groups in total. The molecule has 0 amide bonds. The maximum absolute atomic E-state index is 5.18. The van der Waals surface area contributed by atoms with Gasteiger partial charge in [-0.1, -0.05) is 37.1 Å². The molecule has 21 heavy (non-hydrogen) atoms. The summed E-state index contributed by atoms with van der Waals surface area (Å²) in [6, 6.07) is 9.01. The van der Waals surface area contributed by atoms with Gasteiger partial charge in [-0.15, -0.1) is 0 Å². The summed E-state index contributed by atoms with van der Waals surface area (Å²) in [4.78, 5) is 4.70. The molecule has 0 saturated heterocycles. The van der Waals surface area contributed by atoms with Crippen LogP contribution in [0.1, 0.15) is 43.7 Å². The second kappa shape index (κ2) is 8.67. The van der Waals surface area contributed by atoms with Crippen molar-refractivity contribution >= 4 is 5.96 Å². The van der Waals surface area contributed by atoms with Crippen molar-refractivity contribution in [2.75, 3.05) is 13.7 Å². The van der Waals surface area contributed by atoms with Crippen molar-refractivity contribution in [3.63, 3.8) is 0 Å². The van der Waals surface area contributed by atoms with Gasteiger partial charge in [0.1, 0.15) is 0 Å². The lowest BCUT2D eigenvalue weighted by atomic mass is 10.1. The number of methoxy groups -OCH3 is 1. The smallest absolute Gasteiger partial charge is 0.191 e. The van der Waals surface area contributed by atoms with E-state index >= 15 is 0 Å². The number of ether oxygens (including phenoxy) is 1. The Labute approximate surface area is 128 Å². The first kappa shape index (κ1) is 15.8. The minimum atomic E-state index is 0.586. The SMILES string of the molecule is CCNC(=NCc1cccc(COC)c1)NC1CCCC1. The van der Waals surface area contributed by atoms with Crippen LogP contribution in [0.25, 0.3) is 0 Å². The molecule has 4 nitrogen and oxygen atoms in total. The van der Waals surface area contributed by atoms with Gasteiger partial charge in [-0.05, 0) is 30.9 Å². The Morgan fingerprint density at radius 2 is 2.05 bits per heavy atom. The fourth-order valence-corrected chi connectivity index (χ4v) is 2.74. The van der Waals surface area contributed by atoms with Crippen LogP contribution in [0.2, 0.25) is 0 Å². The van der Waals surface area contributed by atoms with Gasteiger partial charge in [0, 0.05) is 19.7 Å². The van der Waals surface area contributed by atoms with Crippen molar-refractivity contribution in [1.82, 2.24) is 10.6 Å². The van der Waals surface area contributed by atoms with E-state index < -0.39 is 0 Å². The zero-order valence-corrected chi connectivity index (χ0v) is 13.2. The summed E-state index contributed by atoms with van der Waals surface area (Å²) in [6.45, 7) is 4.34. The van der Waals surface area contributed by atoms with Crippen LogP contribution in [-0.2, 0) is 17.9 Å². The lowest BCUT2D eigenvalue weighted by Gasteiger charge is -2.16. The van der Waals surface area contributed by atoms with Crippen LogP contribution in [0.3, 0.4) is 0 Å². The molecule has 1 aliphatic rings. The number of guanidine groups is 1. The molecule has 0 aliphatic heterocycles. The van der Waals surface area contributed by atoms with Crippen LogP contribution in [0.5, 0.6) is 0 Å². The average Bonchev–Trinajstić information content (AvgIpc) is 2.99. The predicted octanol–water partition coefficient (Wildman–Crippen LogP) is 2.83. The molecule has 0 atom stereocenters. The van der Waals surface area contributed by atoms with Crippen LogP contribution in [0, 0.1) is 0 Å². The molecule has 0 heterocycles. The van der Waals surface area contributed by atoms with Gasteiger partial charge in [0.2, 0.25) is 0 Å². The van der Waals surface area contributed by atoms with E-state index in [1.165, 1.54) is 36.8 Å². The highest BCUT2D eigenvalue weighted by molar-refractivity contribution is 5.80. The molecule has 0 bridgehead atoms. The van der Waals surface area contributed by atoms with Crippen molar-refractivity contribution < 1.29 is 4.74 Å². The molecule has 1 fully saturated rings. The Kier molecular flexibility index (Phi) is 6.54. The lowest BCUT2D eigenvalue weighted by molar-refractivity contribution is 0.185. The first-order valence-corrected chi connectivity index (χ1v) is 7.93. The fraction of sp³-hybridized carbons (Fsp3) is 0.588. The molecule has 0 radical (unpaired) electrons. The highest BCUT2D eigenvalue weighted by Gasteiger charge is 2.15. The van der Waals surface area contributed by atoms with Gasteiger partial charge in [0.25, 0.3) is 0 Å². The van der Waals surface area contributed by atoms with Crippen molar-refractivity contribution in [1.29, 1.82) is 0 Å². The summed E-state index contributed by atoms with van der Waals surface area (Å²) in [5.41, 5.74) is 2.41. The second-order valence-electron chi connectivity index (χ2n) is 5.57. The number of rotatable bonds is 6. The summed E-state index contributed by atoms with van der Waals surface area (Å²) in [6.07, 6.45) is 5.17. The molecule has 0 spiro atoms. The van der Waals surface area contributed by atoms with Crippen molar-refractivity contribution in [3.05, 3.63) is 35.4 Å². The van der Waals surface area contributed by atoms with Crippen LogP contribution < -0.4 is 10.6 Å². The van der Waals surface area contributed by atoms with E-state index in [-0.39, 0.29) is 0 Å². The van der Waals surface area contributed by atoms with Gasteiger partial charge in [0.15, 0.2) is 5.96 Å². The number of nitrogens with one attached hydrogen (secondary N) is 2. The van der Waals surface area contributed by atoms with Gasteiger partial charge in [-0.2, -0.15) is 0 Å². The molecule has 116 valence electrons. The molecule has 1 aromatic rings. The Bertz CT molecular complexity index is 453. The first-order valence-electron chi connectivity index (χ1n) is 7.93. The molecular formula is C17H27N3O. The summed E-state index contributed by atoms with van der Waals surface area (Å²) in [5.74, 6) is 0.932. The number of hydrogen-bond donors (Lipinski definition) is 2. The summed E-state index contributed by atoms with van der Waals surface area (Å²) < 4.78 is 5.18.